The molecule has 5 atom stereocenters. The molecule has 4 aliphatic rings. The maximum atomic E-state index is 14.7. The van der Waals surface area contributed by atoms with Crippen LogP contribution in [0.5, 0.6) is 0 Å². The van der Waals surface area contributed by atoms with Crippen molar-refractivity contribution in [1.82, 2.24) is 9.88 Å². The number of carbonyl (C=O) groups excluding carboxylic acids is 1. The van der Waals surface area contributed by atoms with E-state index in [1.54, 1.807) is 4.90 Å². The predicted molar refractivity (Wildman–Crippen MR) is 149 cm³/mol. The Balaban J connectivity index is 1.31. The fraction of sp³-hybridized carbons (Fsp3) is 0.677. The lowest BCUT2D eigenvalue weighted by Gasteiger charge is -2.47. The first-order chi connectivity index (χ1) is 18.1. The van der Waals surface area contributed by atoms with Crippen molar-refractivity contribution in [2.75, 3.05) is 32.7 Å². The Morgan fingerprint density at radius 3 is 2.78 bits per heavy atom. The monoisotopic (exact) mass is 522 g/mol. The van der Waals surface area contributed by atoms with E-state index in [2.05, 4.69) is 54.4 Å². The molecule has 6 rings (SSSR count). The minimum absolute atomic E-state index is 0.0471. The molecule has 3 fully saturated rings. The normalized spacial score (nSPS) is 32.5. The van der Waals surface area contributed by atoms with E-state index in [-0.39, 0.29) is 11.3 Å². The third kappa shape index (κ3) is 4.79. The van der Waals surface area contributed by atoms with Gasteiger partial charge in [0.25, 0.3) is 0 Å². The molecule has 6 heteroatoms. The number of hydrogen-bond donors (Lipinski definition) is 2. The highest BCUT2D eigenvalue weighted by Gasteiger charge is 2.59. The Labute approximate surface area is 227 Å². The lowest BCUT2D eigenvalue weighted by atomic mass is 9.71. The van der Waals surface area contributed by atoms with Crippen LogP contribution in [0.1, 0.15) is 85.4 Å². The Hall–Kier alpha value is -1.76. The highest BCUT2D eigenvalue weighted by atomic mass is 32.1. The van der Waals surface area contributed by atoms with E-state index in [4.69, 9.17) is 4.98 Å². The number of quaternary nitrogens is 2. The van der Waals surface area contributed by atoms with Gasteiger partial charge in [-0.25, -0.2) is 4.98 Å². The zero-order chi connectivity index (χ0) is 25.4. The smallest absolute Gasteiger partial charge is 0.233 e. The first-order valence-electron chi connectivity index (χ1n) is 15.1. The number of carbonyl (C=O) groups is 1. The molecule has 200 valence electrons. The molecule has 1 aromatic heterocycles. The molecule has 1 aliphatic carbocycles. The number of hydrogen-bond acceptors (Lipinski definition) is 3. The molecule has 3 aliphatic heterocycles. The summed E-state index contributed by atoms with van der Waals surface area (Å²) in [6, 6.07) is 11.5. The number of nitrogens with zero attached hydrogens (tertiary/aromatic N) is 2. The minimum atomic E-state index is -0.0471. The number of aryl methyl sites for hydroxylation is 1. The third-order valence-electron chi connectivity index (χ3n) is 10.1. The predicted octanol–water partition coefficient (Wildman–Crippen LogP) is 3.05. The topological polar surface area (TPSA) is 54.2 Å². The molecule has 1 unspecified atom stereocenters. The van der Waals surface area contributed by atoms with Crippen molar-refractivity contribution in [2.24, 2.45) is 11.8 Å². The van der Waals surface area contributed by atoms with E-state index in [9.17, 15) is 4.79 Å². The average Bonchev–Trinajstić information content (AvgIpc) is 3.52. The van der Waals surface area contributed by atoms with Gasteiger partial charge in [0.1, 0.15) is 23.6 Å². The second kappa shape index (κ2) is 10.8. The first-order valence-corrected chi connectivity index (χ1v) is 15.9. The molecule has 1 aromatic carbocycles. The van der Waals surface area contributed by atoms with Crippen molar-refractivity contribution in [1.29, 1.82) is 0 Å². The Kier molecular flexibility index (Phi) is 7.43. The van der Waals surface area contributed by atoms with Gasteiger partial charge in [-0.2, -0.15) is 0 Å². The maximum absolute atomic E-state index is 14.7. The number of rotatable bonds is 5. The van der Waals surface area contributed by atoms with Gasteiger partial charge in [0, 0.05) is 12.6 Å². The van der Waals surface area contributed by atoms with E-state index in [1.165, 1.54) is 66.2 Å². The summed E-state index contributed by atoms with van der Waals surface area (Å²) in [5, 5.41) is 3.62. The number of thiazole rings is 1. The molecule has 4 heterocycles. The van der Waals surface area contributed by atoms with E-state index in [0.29, 0.717) is 23.8 Å². The minimum Gasteiger partial charge on any atom is -0.345 e. The molecule has 2 saturated heterocycles. The van der Waals surface area contributed by atoms with Crippen LogP contribution >= 0.6 is 11.3 Å². The quantitative estimate of drug-likeness (QED) is 0.634. The number of benzene rings is 1. The molecule has 0 radical (unpaired) electrons. The van der Waals surface area contributed by atoms with E-state index < -0.39 is 0 Å². The van der Waals surface area contributed by atoms with Gasteiger partial charge in [0.15, 0.2) is 0 Å². The second-order valence-electron chi connectivity index (χ2n) is 12.4. The van der Waals surface area contributed by atoms with Crippen LogP contribution < -0.4 is 10.2 Å². The van der Waals surface area contributed by atoms with Crippen molar-refractivity contribution in [3.8, 4) is 0 Å². The molecule has 37 heavy (non-hydrogen) atoms. The number of piperidine rings is 1. The number of nitrogens with one attached hydrogen (secondary N) is 1. The molecule has 1 saturated carbocycles. The summed E-state index contributed by atoms with van der Waals surface area (Å²) in [5.41, 5.74) is 2.71. The number of amides is 1. The maximum Gasteiger partial charge on any atom is 0.233 e. The average molecular weight is 523 g/mol. The fourth-order valence-electron chi connectivity index (χ4n) is 8.46. The first kappa shape index (κ1) is 25.5. The third-order valence-corrected chi connectivity index (χ3v) is 11.3. The molecular weight excluding hydrogens is 476 g/mol. The van der Waals surface area contributed by atoms with Gasteiger partial charge in [0.05, 0.1) is 36.1 Å². The summed E-state index contributed by atoms with van der Waals surface area (Å²) in [6.45, 7) is 10.6. The van der Waals surface area contributed by atoms with Crippen LogP contribution in [0.25, 0.3) is 0 Å². The Morgan fingerprint density at radius 1 is 1.19 bits per heavy atom. The molecule has 5 nitrogen and oxygen atoms in total. The SMILES string of the molecule is CCC[NH+]1Cc2nc(C)sc2[C@]2(C[NH2+]C[C@H]2C(=O)N2CC[C@@H](c3ccccc3)C[C@H]2C2CCCCC2)C1. The van der Waals surface area contributed by atoms with Gasteiger partial charge >= 0.3 is 0 Å². The van der Waals surface area contributed by atoms with Gasteiger partial charge in [0.2, 0.25) is 5.91 Å². The summed E-state index contributed by atoms with van der Waals surface area (Å²) in [6.07, 6.45) is 10.0. The van der Waals surface area contributed by atoms with Crippen LogP contribution in [0, 0.1) is 18.8 Å². The van der Waals surface area contributed by atoms with Crippen molar-refractivity contribution < 1.29 is 15.0 Å². The molecular formula is C31H46N4OS+2. The van der Waals surface area contributed by atoms with E-state index in [1.807, 2.05) is 11.3 Å². The largest absolute Gasteiger partial charge is 0.345 e. The molecule has 1 spiro atoms. The van der Waals surface area contributed by atoms with E-state index >= 15 is 0 Å². The Bertz CT molecular complexity index is 1080. The highest BCUT2D eigenvalue weighted by Crippen LogP contribution is 2.44. The zero-order valence-electron chi connectivity index (χ0n) is 22.9. The van der Waals surface area contributed by atoms with Crippen molar-refractivity contribution in [2.45, 2.75) is 89.1 Å². The number of nitrogens with two attached hydrogens (primary N) is 1. The van der Waals surface area contributed by atoms with Gasteiger partial charge in [-0.15, -0.1) is 11.3 Å². The van der Waals surface area contributed by atoms with Gasteiger partial charge in [-0.3, -0.25) is 4.79 Å². The second-order valence-corrected chi connectivity index (χ2v) is 13.6. The number of aromatic nitrogens is 1. The number of likely N-dealkylation sites (tertiary alicyclic amines) is 1. The summed E-state index contributed by atoms with van der Waals surface area (Å²) in [5.74, 6) is 1.79. The Morgan fingerprint density at radius 2 is 2.00 bits per heavy atom. The lowest BCUT2D eigenvalue weighted by molar-refractivity contribution is -0.922. The van der Waals surface area contributed by atoms with Gasteiger partial charge in [-0.05, 0) is 56.4 Å². The standard InChI is InChI=1S/C31H44N4OS/c1-3-15-34-19-27-29(37-22(2)33-27)31(21-34)20-32-18-26(31)30(36)35-16-14-25(23-10-6-4-7-11-23)17-28(35)24-12-8-5-9-13-24/h4,6-7,10-11,24-26,28,32H,3,5,8-9,12-21H2,1-2H3/p+2/t25-,26+,28+,31-/m1/s1. The van der Waals surface area contributed by atoms with Crippen molar-refractivity contribution in [3.63, 3.8) is 0 Å². The van der Waals surface area contributed by atoms with Crippen LogP contribution in [-0.4, -0.2) is 54.6 Å². The fourth-order valence-corrected chi connectivity index (χ4v) is 9.65. The molecule has 1 amide bonds. The summed E-state index contributed by atoms with van der Waals surface area (Å²) < 4.78 is 0. The van der Waals surface area contributed by atoms with Crippen LogP contribution in [0.4, 0.5) is 0 Å². The molecule has 2 aromatic rings. The summed E-state index contributed by atoms with van der Waals surface area (Å²) >= 11 is 1.89. The van der Waals surface area contributed by atoms with Crippen LogP contribution in [0.3, 0.4) is 0 Å². The van der Waals surface area contributed by atoms with E-state index in [0.717, 1.165) is 45.6 Å². The van der Waals surface area contributed by atoms with Crippen molar-refractivity contribution in [3.05, 3.63) is 51.5 Å². The van der Waals surface area contributed by atoms with Crippen LogP contribution in [0.15, 0.2) is 30.3 Å². The summed E-state index contributed by atoms with van der Waals surface area (Å²) in [4.78, 5) is 25.2. The van der Waals surface area contributed by atoms with Crippen LogP contribution in [-0.2, 0) is 16.8 Å². The zero-order valence-corrected chi connectivity index (χ0v) is 23.7. The van der Waals surface area contributed by atoms with Crippen molar-refractivity contribution >= 4 is 17.2 Å². The highest BCUT2D eigenvalue weighted by molar-refractivity contribution is 7.11. The molecule has 0 bridgehead atoms. The van der Waals surface area contributed by atoms with Gasteiger partial charge < -0.3 is 15.1 Å². The van der Waals surface area contributed by atoms with Crippen LogP contribution in [0.2, 0.25) is 0 Å². The molecule has 3 N–H and O–H groups in total. The summed E-state index contributed by atoms with van der Waals surface area (Å²) in [7, 11) is 0. The van der Waals surface area contributed by atoms with Gasteiger partial charge in [-0.1, -0.05) is 56.5 Å². The number of fused-ring (bicyclic) bond motifs is 2. The lowest BCUT2D eigenvalue weighted by Crippen LogP contribution is -3.14.